The van der Waals surface area contributed by atoms with Crippen LogP contribution in [0.5, 0.6) is 0 Å². The molecule has 1 aromatic rings. The van der Waals surface area contributed by atoms with Crippen molar-refractivity contribution < 1.29 is 5.11 Å². The molecule has 1 heteroatoms. The minimum Gasteiger partial charge on any atom is -0.385 e. The Labute approximate surface area is 118 Å². The number of aliphatic hydroxyl groups is 1. The van der Waals surface area contributed by atoms with Crippen LogP contribution in [0, 0.1) is 5.92 Å². The fraction of sp³-hybridized carbons (Fsp3) is 0.667. The predicted octanol–water partition coefficient (Wildman–Crippen LogP) is 4.99. The largest absolute Gasteiger partial charge is 0.385 e. The van der Waals surface area contributed by atoms with Gasteiger partial charge >= 0.3 is 0 Å². The summed E-state index contributed by atoms with van der Waals surface area (Å²) >= 11 is 0. The van der Waals surface area contributed by atoms with Gasteiger partial charge in [0.15, 0.2) is 0 Å². The van der Waals surface area contributed by atoms with Crippen molar-refractivity contribution in [1.82, 2.24) is 0 Å². The highest BCUT2D eigenvalue weighted by Gasteiger charge is 2.38. The minimum absolute atomic E-state index is 0.451. The Balaban J connectivity index is 2.23. The lowest BCUT2D eigenvalue weighted by Gasteiger charge is -2.34. The van der Waals surface area contributed by atoms with E-state index in [1.807, 2.05) is 0 Å². The van der Waals surface area contributed by atoms with Crippen LogP contribution >= 0.6 is 0 Å². The van der Waals surface area contributed by atoms with Crippen molar-refractivity contribution in [2.75, 3.05) is 0 Å². The first-order valence-corrected chi connectivity index (χ1v) is 7.94. The first-order valence-electron chi connectivity index (χ1n) is 7.94. The fourth-order valence-corrected chi connectivity index (χ4v) is 3.47. The number of hydrogen-bond acceptors (Lipinski definition) is 1. The Hall–Kier alpha value is -0.820. The molecule has 1 aliphatic rings. The average molecular weight is 260 g/mol. The SMILES string of the molecule is CCC(C)c1ccc(C(O)(CC)C2CCCC2)cc1. The van der Waals surface area contributed by atoms with Crippen molar-refractivity contribution in [2.24, 2.45) is 5.92 Å². The summed E-state index contributed by atoms with van der Waals surface area (Å²) in [7, 11) is 0. The highest BCUT2D eigenvalue weighted by atomic mass is 16.3. The van der Waals surface area contributed by atoms with Crippen LogP contribution in [0.1, 0.15) is 76.3 Å². The van der Waals surface area contributed by atoms with E-state index in [-0.39, 0.29) is 0 Å². The van der Waals surface area contributed by atoms with Crippen LogP contribution in [0.4, 0.5) is 0 Å². The Morgan fingerprint density at radius 2 is 1.74 bits per heavy atom. The van der Waals surface area contributed by atoms with Gasteiger partial charge in [-0.2, -0.15) is 0 Å². The van der Waals surface area contributed by atoms with Gasteiger partial charge in [0.25, 0.3) is 0 Å². The van der Waals surface area contributed by atoms with E-state index in [4.69, 9.17) is 0 Å². The van der Waals surface area contributed by atoms with Crippen LogP contribution in [0.2, 0.25) is 0 Å². The maximum absolute atomic E-state index is 11.1. The van der Waals surface area contributed by atoms with Gasteiger partial charge in [0.1, 0.15) is 0 Å². The van der Waals surface area contributed by atoms with Crippen molar-refractivity contribution in [3.63, 3.8) is 0 Å². The second-order valence-electron chi connectivity index (χ2n) is 6.19. The van der Waals surface area contributed by atoms with Crippen molar-refractivity contribution in [3.05, 3.63) is 35.4 Å². The molecule has 2 atom stereocenters. The zero-order chi connectivity index (χ0) is 13.9. The van der Waals surface area contributed by atoms with E-state index in [2.05, 4.69) is 45.0 Å². The van der Waals surface area contributed by atoms with Crippen molar-refractivity contribution in [3.8, 4) is 0 Å². The van der Waals surface area contributed by atoms with Gasteiger partial charge in [0.2, 0.25) is 0 Å². The second-order valence-corrected chi connectivity index (χ2v) is 6.19. The predicted molar refractivity (Wildman–Crippen MR) is 81.3 cm³/mol. The number of benzene rings is 1. The standard InChI is InChI=1S/C18H28O/c1-4-14(3)15-10-12-17(13-11-15)18(19,5-2)16-8-6-7-9-16/h10-14,16,19H,4-9H2,1-3H3. The molecule has 2 unspecified atom stereocenters. The van der Waals surface area contributed by atoms with E-state index < -0.39 is 5.60 Å². The lowest BCUT2D eigenvalue weighted by atomic mass is 9.78. The third-order valence-corrected chi connectivity index (χ3v) is 5.16. The smallest absolute Gasteiger partial charge is 0.0921 e. The maximum atomic E-state index is 11.1. The molecule has 19 heavy (non-hydrogen) atoms. The van der Waals surface area contributed by atoms with Gasteiger partial charge in [-0.15, -0.1) is 0 Å². The zero-order valence-electron chi connectivity index (χ0n) is 12.7. The number of hydrogen-bond donors (Lipinski definition) is 1. The van der Waals surface area contributed by atoms with Gasteiger partial charge in [-0.25, -0.2) is 0 Å². The van der Waals surface area contributed by atoms with E-state index in [0.717, 1.165) is 12.0 Å². The van der Waals surface area contributed by atoms with Gasteiger partial charge in [-0.05, 0) is 48.6 Å². The molecule has 1 aromatic carbocycles. The molecule has 1 fully saturated rings. The first-order chi connectivity index (χ1) is 9.11. The summed E-state index contributed by atoms with van der Waals surface area (Å²) in [6, 6.07) is 8.73. The van der Waals surface area contributed by atoms with Crippen LogP contribution in [0.3, 0.4) is 0 Å². The van der Waals surface area contributed by atoms with Crippen LogP contribution in [0.15, 0.2) is 24.3 Å². The number of rotatable bonds is 5. The molecule has 1 saturated carbocycles. The molecule has 0 heterocycles. The average Bonchev–Trinajstić information content (AvgIpc) is 3.00. The van der Waals surface area contributed by atoms with Gasteiger partial charge in [0, 0.05) is 0 Å². The highest BCUT2D eigenvalue weighted by molar-refractivity contribution is 5.29. The van der Waals surface area contributed by atoms with Gasteiger partial charge in [-0.1, -0.05) is 57.9 Å². The molecule has 1 nitrogen and oxygen atoms in total. The Morgan fingerprint density at radius 1 is 1.16 bits per heavy atom. The molecule has 0 aliphatic heterocycles. The molecule has 0 spiro atoms. The zero-order valence-corrected chi connectivity index (χ0v) is 12.7. The Morgan fingerprint density at radius 3 is 2.21 bits per heavy atom. The molecule has 0 bridgehead atoms. The van der Waals surface area contributed by atoms with Gasteiger partial charge < -0.3 is 5.11 Å². The molecule has 1 N–H and O–H groups in total. The molecule has 2 rings (SSSR count). The second kappa shape index (κ2) is 6.09. The highest BCUT2D eigenvalue weighted by Crippen LogP contribution is 2.42. The van der Waals surface area contributed by atoms with Gasteiger partial charge in [-0.3, -0.25) is 0 Å². The third-order valence-electron chi connectivity index (χ3n) is 5.16. The summed E-state index contributed by atoms with van der Waals surface area (Å²) in [5.41, 5.74) is 1.90. The molecule has 0 saturated heterocycles. The van der Waals surface area contributed by atoms with Crippen LogP contribution < -0.4 is 0 Å². The van der Waals surface area contributed by atoms with Crippen LogP contribution in [0.25, 0.3) is 0 Å². The Kier molecular flexibility index (Phi) is 4.67. The normalized spacial score (nSPS) is 21.3. The molecule has 0 amide bonds. The lowest BCUT2D eigenvalue weighted by molar-refractivity contribution is -0.0256. The fourth-order valence-electron chi connectivity index (χ4n) is 3.47. The summed E-state index contributed by atoms with van der Waals surface area (Å²) < 4.78 is 0. The van der Waals surface area contributed by atoms with E-state index >= 15 is 0 Å². The quantitative estimate of drug-likeness (QED) is 0.791. The van der Waals surface area contributed by atoms with E-state index in [9.17, 15) is 5.11 Å². The van der Waals surface area contributed by atoms with Crippen molar-refractivity contribution in [1.29, 1.82) is 0 Å². The summed E-state index contributed by atoms with van der Waals surface area (Å²) in [6.45, 7) is 6.60. The molecule has 106 valence electrons. The monoisotopic (exact) mass is 260 g/mol. The summed E-state index contributed by atoms with van der Waals surface area (Å²) in [4.78, 5) is 0. The molecule has 1 aliphatic carbocycles. The first kappa shape index (κ1) is 14.6. The third kappa shape index (κ3) is 2.86. The van der Waals surface area contributed by atoms with E-state index in [1.54, 1.807) is 0 Å². The van der Waals surface area contributed by atoms with E-state index in [0.29, 0.717) is 11.8 Å². The molecule has 0 radical (unpaired) electrons. The van der Waals surface area contributed by atoms with Crippen LogP contribution in [-0.2, 0) is 5.60 Å². The van der Waals surface area contributed by atoms with E-state index in [1.165, 1.54) is 37.7 Å². The maximum Gasteiger partial charge on any atom is 0.0921 e. The minimum atomic E-state index is -0.607. The lowest BCUT2D eigenvalue weighted by Crippen LogP contribution is -2.33. The van der Waals surface area contributed by atoms with Crippen LogP contribution in [-0.4, -0.2) is 5.11 Å². The van der Waals surface area contributed by atoms with Crippen molar-refractivity contribution >= 4 is 0 Å². The Bertz CT molecular complexity index is 389. The summed E-state index contributed by atoms with van der Waals surface area (Å²) in [6.07, 6.45) is 6.89. The summed E-state index contributed by atoms with van der Waals surface area (Å²) in [5, 5.41) is 11.1. The van der Waals surface area contributed by atoms with Gasteiger partial charge in [0.05, 0.1) is 5.60 Å². The molecular formula is C18H28O. The molecule has 0 aromatic heterocycles. The topological polar surface area (TPSA) is 20.2 Å². The molecular weight excluding hydrogens is 232 g/mol. The summed E-state index contributed by atoms with van der Waals surface area (Å²) in [5.74, 6) is 1.06. The van der Waals surface area contributed by atoms with Crippen molar-refractivity contribution in [2.45, 2.75) is 70.8 Å².